The fraction of sp³-hybridized carbons (Fsp3) is 0.222. The molecule has 0 fully saturated rings. The first-order valence-corrected chi connectivity index (χ1v) is 8.10. The highest BCUT2D eigenvalue weighted by Crippen LogP contribution is 2.22. The van der Waals surface area contributed by atoms with Gasteiger partial charge in [0, 0.05) is 6.42 Å². The number of carbonyl (C=O) groups is 2. The average molecular weight is 366 g/mol. The molecule has 6 heteroatoms. The van der Waals surface area contributed by atoms with Crippen LogP contribution in [-0.4, -0.2) is 25.0 Å². The number of hydrogen-bond donors (Lipinski definition) is 1. The van der Waals surface area contributed by atoms with Crippen LogP contribution in [0.3, 0.4) is 0 Å². The maximum absolute atomic E-state index is 12.2. The van der Waals surface area contributed by atoms with E-state index in [1.807, 2.05) is 30.3 Å². The van der Waals surface area contributed by atoms with E-state index in [4.69, 9.17) is 27.9 Å². The van der Waals surface area contributed by atoms with Crippen LogP contribution in [-0.2, 0) is 27.2 Å². The lowest BCUT2D eigenvalue weighted by molar-refractivity contribution is -0.145. The summed E-state index contributed by atoms with van der Waals surface area (Å²) in [4.78, 5) is 24.2. The molecule has 0 aliphatic carbocycles. The van der Waals surface area contributed by atoms with Gasteiger partial charge in [0.2, 0.25) is 5.91 Å². The van der Waals surface area contributed by atoms with Crippen LogP contribution >= 0.6 is 23.2 Å². The molecule has 1 N–H and O–H groups in total. The molecular weight excluding hydrogens is 349 g/mol. The van der Waals surface area contributed by atoms with Crippen LogP contribution in [0.25, 0.3) is 0 Å². The molecule has 2 aromatic carbocycles. The summed E-state index contributed by atoms with van der Waals surface area (Å²) in [5.74, 6) is -0.777. The topological polar surface area (TPSA) is 55.4 Å². The number of amides is 1. The lowest BCUT2D eigenvalue weighted by Gasteiger charge is -2.16. The van der Waals surface area contributed by atoms with Gasteiger partial charge < -0.3 is 10.1 Å². The van der Waals surface area contributed by atoms with Crippen LogP contribution in [0.4, 0.5) is 0 Å². The van der Waals surface area contributed by atoms with Crippen LogP contribution in [0.5, 0.6) is 0 Å². The number of benzene rings is 2. The van der Waals surface area contributed by atoms with Crippen molar-refractivity contribution in [3.8, 4) is 0 Å². The van der Waals surface area contributed by atoms with E-state index in [-0.39, 0.29) is 12.3 Å². The number of methoxy groups -OCH3 is 1. The summed E-state index contributed by atoms with van der Waals surface area (Å²) in [6.45, 7) is 0. The van der Waals surface area contributed by atoms with Crippen molar-refractivity contribution >= 4 is 35.1 Å². The van der Waals surface area contributed by atoms with Crippen molar-refractivity contribution in [3.63, 3.8) is 0 Å². The van der Waals surface area contributed by atoms with Gasteiger partial charge in [0.25, 0.3) is 0 Å². The SMILES string of the molecule is COC(=O)[C@H](Cc1ccccc1)NC(=O)Cc1ccc(Cl)c(Cl)c1. The van der Waals surface area contributed by atoms with Crippen LogP contribution in [0, 0.1) is 0 Å². The van der Waals surface area contributed by atoms with Crippen molar-refractivity contribution < 1.29 is 14.3 Å². The number of ether oxygens (including phenoxy) is 1. The van der Waals surface area contributed by atoms with E-state index in [1.54, 1.807) is 18.2 Å². The van der Waals surface area contributed by atoms with Crippen molar-refractivity contribution in [2.75, 3.05) is 7.11 Å². The first-order chi connectivity index (χ1) is 11.5. The van der Waals surface area contributed by atoms with Gasteiger partial charge in [0.15, 0.2) is 0 Å². The molecule has 2 aromatic rings. The molecule has 0 heterocycles. The Labute approximate surface area is 150 Å². The van der Waals surface area contributed by atoms with Crippen molar-refractivity contribution in [2.24, 2.45) is 0 Å². The predicted octanol–water partition coefficient (Wildman–Crippen LogP) is 3.44. The smallest absolute Gasteiger partial charge is 0.328 e. The predicted molar refractivity (Wildman–Crippen MR) is 94.3 cm³/mol. The fourth-order valence-corrected chi connectivity index (χ4v) is 2.59. The van der Waals surface area contributed by atoms with Crippen molar-refractivity contribution in [2.45, 2.75) is 18.9 Å². The number of rotatable bonds is 6. The van der Waals surface area contributed by atoms with Gasteiger partial charge in [-0.05, 0) is 23.3 Å². The Hall–Kier alpha value is -2.04. The molecule has 0 radical (unpaired) electrons. The second-order valence-corrected chi connectivity index (χ2v) is 6.07. The van der Waals surface area contributed by atoms with Gasteiger partial charge in [-0.15, -0.1) is 0 Å². The molecule has 24 heavy (non-hydrogen) atoms. The Morgan fingerprint density at radius 1 is 1.04 bits per heavy atom. The van der Waals surface area contributed by atoms with E-state index >= 15 is 0 Å². The van der Waals surface area contributed by atoms with E-state index in [1.165, 1.54) is 7.11 Å². The van der Waals surface area contributed by atoms with Crippen LogP contribution < -0.4 is 5.32 Å². The summed E-state index contributed by atoms with van der Waals surface area (Å²) in [5.41, 5.74) is 1.65. The molecule has 1 atom stereocenters. The Bertz CT molecular complexity index is 719. The van der Waals surface area contributed by atoms with E-state index in [0.717, 1.165) is 5.56 Å². The van der Waals surface area contributed by atoms with Gasteiger partial charge in [-0.25, -0.2) is 4.79 Å². The number of esters is 1. The number of carbonyl (C=O) groups excluding carboxylic acids is 2. The third-order valence-corrected chi connectivity index (χ3v) is 4.19. The minimum atomic E-state index is -0.743. The molecule has 0 unspecified atom stereocenters. The molecule has 0 spiro atoms. The molecule has 0 aromatic heterocycles. The first kappa shape index (κ1) is 18.3. The quantitative estimate of drug-likeness (QED) is 0.797. The molecule has 1 amide bonds. The molecule has 0 saturated carbocycles. The summed E-state index contributed by atoms with van der Waals surface area (Å²) in [7, 11) is 1.30. The lowest BCUT2D eigenvalue weighted by Crippen LogP contribution is -2.43. The van der Waals surface area contributed by atoms with Gasteiger partial charge in [0.1, 0.15) is 6.04 Å². The first-order valence-electron chi connectivity index (χ1n) is 7.34. The largest absolute Gasteiger partial charge is 0.467 e. The maximum Gasteiger partial charge on any atom is 0.328 e. The molecule has 2 rings (SSSR count). The maximum atomic E-state index is 12.2. The Kier molecular flexibility index (Phi) is 6.64. The minimum absolute atomic E-state index is 0.0964. The van der Waals surface area contributed by atoms with E-state index in [0.29, 0.717) is 22.0 Å². The van der Waals surface area contributed by atoms with Gasteiger partial charge >= 0.3 is 5.97 Å². The van der Waals surface area contributed by atoms with Crippen LogP contribution in [0.1, 0.15) is 11.1 Å². The lowest BCUT2D eigenvalue weighted by atomic mass is 10.1. The minimum Gasteiger partial charge on any atom is -0.467 e. The van der Waals surface area contributed by atoms with Gasteiger partial charge in [-0.2, -0.15) is 0 Å². The highest BCUT2D eigenvalue weighted by molar-refractivity contribution is 6.42. The number of hydrogen-bond acceptors (Lipinski definition) is 3. The summed E-state index contributed by atoms with van der Waals surface area (Å²) in [6.07, 6.45) is 0.458. The highest BCUT2D eigenvalue weighted by Gasteiger charge is 2.22. The number of halogens is 2. The fourth-order valence-electron chi connectivity index (χ4n) is 2.27. The summed E-state index contributed by atoms with van der Waals surface area (Å²) >= 11 is 11.8. The summed E-state index contributed by atoms with van der Waals surface area (Å²) in [5, 5.41) is 3.52. The molecule has 126 valence electrons. The van der Waals surface area contributed by atoms with Gasteiger partial charge in [0.05, 0.1) is 23.6 Å². The van der Waals surface area contributed by atoms with E-state index in [9.17, 15) is 9.59 Å². The summed E-state index contributed by atoms with van der Waals surface area (Å²) in [6, 6.07) is 13.7. The third-order valence-electron chi connectivity index (χ3n) is 3.45. The van der Waals surface area contributed by atoms with Crippen molar-refractivity contribution in [3.05, 3.63) is 69.7 Å². The molecule has 0 aliphatic rings. The Morgan fingerprint density at radius 3 is 2.38 bits per heavy atom. The molecule has 0 bridgehead atoms. The average Bonchev–Trinajstić information content (AvgIpc) is 2.58. The Morgan fingerprint density at radius 2 is 1.75 bits per heavy atom. The van der Waals surface area contributed by atoms with Crippen molar-refractivity contribution in [1.82, 2.24) is 5.32 Å². The standard InChI is InChI=1S/C18H17Cl2NO3/c1-24-18(23)16(10-12-5-3-2-4-6-12)21-17(22)11-13-7-8-14(19)15(20)9-13/h2-9,16H,10-11H2,1H3,(H,21,22)/t16-/m0/s1. The van der Waals surface area contributed by atoms with E-state index in [2.05, 4.69) is 5.32 Å². The zero-order valence-electron chi connectivity index (χ0n) is 13.1. The van der Waals surface area contributed by atoms with Crippen LogP contribution in [0.15, 0.2) is 48.5 Å². The Balaban J connectivity index is 2.03. The second-order valence-electron chi connectivity index (χ2n) is 5.26. The van der Waals surface area contributed by atoms with Gasteiger partial charge in [-0.3, -0.25) is 4.79 Å². The second kappa shape index (κ2) is 8.71. The molecule has 4 nitrogen and oxygen atoms in total. The van der Waals surface area contributed by atoms with Gasteiger partial charge in [-0.1, -0.05) is 59.6 Å². The zero-order valence-corrected chi connectivity index (χ0v) is 14.6. The third kappa shape index (κ3) is 5.25. The number of nitrogens with one attached hydrogen (secondary N) is 1. The summed E-state index contributed by atoms with van der Waals surface area (Å²) < 4.78 is 4.78. The van der Waals surface area contributed by atoms with E-state index < -0.39 is 12.0 Å². The normalized spacial score (nSPS) is 11.6. The monoisotopic (exact) mass is 365 g/mol. The zero-order chi connectivity index (χ0) is 17.5. The van der Waals surface area contributed by atoms with Crippen LogP contribution in [0.2, 0.25) is 10.0 Å². The molecule has 0 aliphatic heterocycles. The highest BCUT2D eigenvalue weighted by atomic mass is 35.5. The van der Waals surface area contributed by atoms with Crippen molar-refractivity contribution in [1.29, 1.82) is 0 Å². The molecule has 0 saturated heterocycles. The molecular formula is C18H17Cl2NO3.